The molecule has 0 aliphatic carbocycles. The summed E-state index contributed by atoms with van der Waals surface area (Å²) in [6.45, 7) is 1.91. The van der Waals surface area contributed by atoms with Gasteiger partial charge in [-0.05, 0) is 37.0 Å². The molecule has 2 rings (SSSR count). The van der Waals surface area contributed by atoms with Crippen molar-refractivity contribution in [3.63, 3.8) is 0 Å². The van der Waals surface area contributed by atoms with Gasteiger partial charge in [-0.2, -0.15) is 12.6 Å². The summed E-state index contributed by atoms with van der Waals surface area (Å²) in [5.74, 6) is 0.365. The van der Waals surface area contributed by atoms with Gasteiger partial charge < -0.3 is 10.6 Å². The minimum Gasteiger partial charge on any atom is -0.369 e. The van der Waals surface area contributed by atoms with Crippen LogP contribution >= 0.6 is 12.6 Å². The maximum absolute atomic E-state index is 14.0. The van der Waals surface area contributed by atoms with Crippen molar-refractivity contribution in [1.29, 1.82) is 0 Å². The van der Waals surface area contributed by atoms with Crippen LogP contribution in [0.4, 0.5) is 10.1 Å². The first-order chi connectivity index (χ1) is 8.22. The Labute approximate surface area is 107 Å². The maximum atomic E-state index is 14.0. The van der Waals surface area contributed by atoms with E-state index in [1.807, 2.05) is 12.1 Å². The predicted molar refractivity (Wildman–Crippen MR) is 73.2 cm³/mol. The zero-order valence-corrected chi connectivity index (χ0v) is 10.8. The third-order valence-electron chi connectivity index (χ3n) is 3.29. The Balaban J connectivity index is 2.18. The molecule has 0 bridgehead atoms. The van der Waals surface area contributed by atoms with Crippen LogP contribution in [0.25, 0.3) is 0 Å². The second-order valence-corrected chi connectivity index (χ2v) is 4.91. The Kier molecular flexibility index (Phi) is 4.29. The van der Waals surface area contributed by atoms with Gasteiger partial charge in [0, 0.05) is 24.9 Å². The highest BCUT2D eigenvalue weighted by Gasteiger charge is 2.16. The molecule has 0 amide bonds. The predicted octanol–water partition coefficient (Wildman–Crippen LogP) is 2.75. The summed E-state index contributed by atoms with van der Waals surface area (Å²) < 4.78 is 14.0. The van der Waals surface area contributed by atoms with E-state index in [1.165, 1.54) is 6.42 Å². The first-order valence-corrected chi connectivity index (χ1v) is 6.76. The molecule has 2 N–H and O–H groups in total. The molecule has 1 saturated heterocycles. The van der Waals surface area contributed by atoms with E-state index in [1.54, 1.807) is 6.07 Å². The van der Waals surface area contributed by atoms with Crippen LogP contribution in [0.2, 0.25) is 0 Å². The van der Waals surface area contributed by atoms with Crippen LogP contribution in [0.1, 0.15) is 30.9 Å². The van der Waals surface area contributed by atoms with Gasteiger partial charge in [-0.15, -0.1) is 0 Å². The van der Waals surface area contributed by atoms with E-state index in [0.717, 1.165) is 31.5 Å². The van der Waals surface area contributed by atoms with Crippen LogP contribution in [-0.4, -0.2) is 18.8 Å². The fourth-order valence-corrected chi connectivity index (χ4v) is 2.46. The summed E-state index contributed by atoms with van der Waals surface area (Å²) in [5, 5.41) is 0. The highest BCUT2D eigenvalue weighted by Crippen LogP contribution is 2.25. The van der Waals surface area contributed by atoms with Crippen LogP contribution in [0.3, 0.4) is 0 Å². The third kappa shape index (κ3) is 2.93. The van der Waals surface area contributed by atoms with Crippen LogP contribution in [0.15, 0.2) is 18.2 Å². The van der Waals surface area contributed by atoms with Crippen molar-refractivity contribution in [2.24, 2.45) is 5.73 Å². The number of hydrogen-bond donors (Lipinski definition) is 2. The molecule has 1 aromatic carbocycles. The average molecular weight is 254 g/mol. The molecule has 1 heterocycles. The summed E-state index contributed by atoms with van der Waals surface area (Å²) in [4.78, 5) is 2.12. The highest BCUT2D eigenvalue weighted by molar-refractivity contribution is 7.80. The average Bonchev–Trinajstić information content (AvgIpc) is 2.38. The van der Waals surface area contributed by atoms with E-state index in [2.05, 4.69) is 17.5 Å². The molecule has 17 heavy (non-hydrogen) atoms. The molecular weight excluding hydrogens is 235 g/mol. The molecule has 94 valence electrons. The van der Waals surface area contributed by atoms with Crippen LogP contribution in [-0.2, 0) is 0 Å². The summed E-state index contributed by atoms with van der Waals surface area (Å²) >= 11 is 4.13. The molecule has 1 aliphatic rings. The number of nitrogens with two attached hydrogens (primary N) is 1. The lowest BCUT2D eigenvalue weighted by Gasteiger charge is -2.29. The van der Waals surface area contributed by atoms with E-state index < -0.39 is 0 Å². The Bertz CT molecular complexity index is 378. The van der Waals surface area contributed by atoms with E-state index in [-0.39, 0.29) is 11.9 Å². The molecule has 1 unspecified atom stereocenters. The van der Waals surface area contributed by atoms with Crippen LogP contribution < -0.4 is 10.6 Å². The third-order valence-corrected chi connectivity index (χ3v) is 3.69. The zero-order chi connectivity index (χ0) is 12.3. The van der Waals surface area contributed by atoms with E-state index >= 15 is 0 Å². The van der Waals surface area contributed by atoms with Crippen LogP contribution in [0, 0.1) is 5.82 Å². The Morgan fingerprint density at radius 3 is 2.59 bits per heavy atom. The van der Waals surface area contributed by atoms with Crippen molar-refractivity contribution in [3.8, 4) is 0 Å². The van der Waals surface area contributed by atoms with Crippen LogP contribution in [0.5, 0.6) is 0 Å². The van der Waals surface area contributed by atoms with Gasteiger partial charge in [0.25, 0.3) is 0 Å². The number of rotatable bonds is 3. The lowest BCUT2D eigenvalue weighted by Crippen LogP contribution is -2.30. The van der Waals surface area contributed by atoms with Gasteiger partial charge in [-0.1, -0.05) is 6.07 Å². The Morgan fingerprint density at radius 1 is 1.29 bits per heavy atom. The number of hydrogen-bond acceptors (Lipinski definition) is 3. The molecule has 2 nitrogen and oxygen atoms in total. The number of thiol groups is 1. The first kappa shape index (κ1) is 12.7. The topological polar surface area (TPSA) is 29.3 Å². The lowest BCUT2D eigenvalue weighted by atomic mass is 10.1. The Morgan fingerprint density at radius 2 is 2.00 bits per heavy atom. The molecule has 0 spiro atoms. The number of halogens is 1. The van der Waals surface area contributed by atoms with Crippen molar-refractivity contribution < 1.29 is 4.39 Å². The normalized spacial score (nSPS) is 18.2. The van der Waals surface area contributed by atoms with E-state index in [0.29, 0.717) is 11.4 Å². The Hall–Kier alpha value is -0.740. The van der Waals surface area contributed by atoms with Gasteiger partial charge in [0.1, 0.15) is 5.82 Å². The number of piperidine rings is 1. The number of benzene rings is 1. The summed E-state index contributed by atoms with van der Waals surface area (Å²) in [6, 6.07) is 5.11. The molecule has 1 aromatic rings. The van der Waals surface area contributed by atoms with Crippen molar-refractivity contribution >= 4 is 18.3 Å². The van der Waals surface area contributed by atoms with Gasteiger partial charge in [-0.3, -0.25) is 0 Å². The minimum atomic E-state index is -0.191. The summed E-state index contributed by atoms with van der Waals surface area (Å²) in [5.41, 5.74) is 7.36. The summed E-state index contributed by atoms with van der Waals surface area (Å²) in [7, 11) is 0. The van der Waals surface area contributed by atoms with E-state index in [4.69, 9.17) is 5.73 Å². The molecule has 1 aliphatic heterocycles. The monoisotopic (exact) mass is 254 g/mol. The standard InChI is InChI=1S/C13H19FN2S/c14-11-8-10(12(15)9-17)4-5-13(11)16-6-2-1-3-7-16/h4-5,8,12,17H,1-3,6-7,9,15H2. The molecule has 4 heteroatoms. The minimum absolute atomic E-state index is 0.165. The van der Waals surface area contributed by atoms with E-state index in [9.17, 15) is 4.39 Å². The van der Waals surface area contributed by atoms with Gasteiger partial charge in [-0.25, -0.2) is 4.39 Å². The van der Waals surface area contributed by atoms with Gasteiger partial charge in [0.2, 0.25) is 0 Å². The van der Waals surface area contributed by atoms with Crippen molar-refractivity contribution in [2.45, 2.75) is 25.3 Å². The van der Waals surface area contributed by atoms with Crippen molar-refractivity contribution in [1.82, 2.24) is 0 Å². The fourth-order valence-electron chi connectivity index (χ4n) is 2.25. The quantitative estimate of drug-likeness (QED) is 0.812. The molecule has 0 radical (unpaired) electrons. The molecule has 1 fully saturated rings. The van der Waals surface area contributed by atoms with Crippen molar-refractivity contribution in [2.75, 3.05) is 23.7 Å². The second-order valence-electron chi connectivity index (χ2n) is 4.55. The van der Waals surface area contributed by atoms with Gasteiger partial charge in [0.15, 0.2) is 0 Å². The number of nitrogens with zero attached hydrogens (tertiary/aromatic N) is 1. The smallest absolute Gasteiger partial charge is 0.146 e. The molecule has 1 atom stereocenters. The highest BCUT2D eigenvalue weighted by atomic mass is 32.1. The fraction of sp³-hybridized carbons (Fsp3) is 0.538. The van der Waals surface area contributed by atoms with Gasteiger partial charge >= 0.3 is 0 Å². The molecule has 0 aromatic heterocycles. The number of anilines is 1. The largest absolute Gasteiger partial charge is 0.369 e. The van der Waals surface area contributed by atoms with Gasteiger partial charge in [0.05, 0.1) is 5.69 Å². The maximum Gasteiger partial charge on any atom is 0.146 e. The first-order valence-electron chi connectivity index (χ1n) is 6.13. The van der Waals surface area contributed by atoms with Crippen molar-refractivity contribution in [3.05, 3.63) is 29.6 Å². The second kappa shape index (κ2) is 5.74. The summed E-state index contributed by atoms with van der Waals surface area (Å²) in [6.07, 6.45) is 3.55. The lowest BCUT2D eigenvalue weighted by molar-refractivity contribution is 0.556. The molecular formula is C13H19FN2S. The molecule has 0 saturated carbocycles. The SMILES string of the molecule is NC(CS)c1ccc(N2CCCCC2)c(F)c1. The zero-order valence-electron chi connectivity index (χ0n) is 9.90.